The van der Waals surface area contributed by atoms with Gasteiger partial charge in [0.2, 0.25) is 0 Å². The number of nitrogens with zero attached hydrogens (tertiary/aromatic N) is 1. The van der Waals surface area contributed by atoms with Gasteiger partial charge in [0.1, 0.15) is 0 Å². The van der Waals surface area contributed by atoms with E-state index in [-0.39, 0.29) is 19.2 Å². The number of rotatable bonds is 7. The number of aliphatic hydroxyl groups is 1. The van der Waals surface area contributed by atoms with E-state index in [1.807, 2.05) is 24.3 Å². The van der Waals surface area contributed by atoms with Crippen molar-refractivity contribution >= 4 is 22.6 Å². The summed E-state index contributed by atoms with van der Waals surface area (Å²) in [4.78, 5) is 11.8. The minimum atomic E-state index is -0.710. The van der Waals surface area contributed by atoms with Gasteiger partial charge >= 0.3 is 6.03 Å². The zero-order valence-corrected chi connectivity index (χ0v) is 13.9. The molecule has 3 N–H and O–H groups in total. The SMILES string of the molecule is COCC(O)CNC(=O)Nc1ccc2c(ccn2CC(C)C)c1. The molecule has 23 heavy (non-hydrogen) atoms. The van der Waals surface area contributed by atoms with E-state index in [2.05, 4.69) is 35.2 Å². The van der Waals surface area contributed by atoms with Gasteiger partial charge in [0.15, 0.2) is 0 Å². The number of amides is 2. The third-order valence-corrected chi connectivity index (χ3v) is 3.45. The molecule has 1 atom stereocenters. The Morgan fingerprint density at radius 3 is 2.83 bits per heavy atom. The van der Waals surface area contributed by atoms with Gasteiger partial charge in [0.05, 0.1) is 12.7 Å². The van der Waals surface area contributed by atoms with E-state index in [0.717, 1.165) is 23.1 Å². The van der Waals surface area contributed by atoms with Crippen LogP contribution < -0.4 is 10.6 Å². The summed E-state index contributed by atoms with van der Waals surface area (Å²) in [6.45, 7) is 5.67. The molecule has 0 bridgehead atoms. The Balaban J connectivity index is 1.97. The fourth-order valence-corrected chi connectivity index (χ4v) is 2.47. The molecule has 2 rings (SSSR count). The first kappa shape index (κ1) is 17.3. The molecule has 126 valence electrons. The monoisotopic (exact) mass is 319 g/mol. The molecule has 1 unspecified atom stereocenters. The Kier molecular flexibility index (Phi) is 6.01. The van der Waals surface area contributed by atoms with Crippen LogP contribution >= 0.6 is 0 Å². The van der Waals surface area contributed by atoms with Crippen molar-refractivity contribution in [3.63, 3.8) is 0 Å². The normalized spacial score (nSPS) is 12.6. The Hall–Kier alpha value is -2.05. The van der Waals surface area contributed by atoms with Crippen LogP contribution in [-0.2, 0) is 11.3 Å². The number of hydrogen-bond donors (Lipinski definition) is 3. The molecule has 1 heterocycles. The number of carbonyl (C=O) groups is 1. The molecule has 6 nitrogen and oxygen atoms in total. The summed E-state index contributed by atoms with van der Waals surface area (Å²) in [6, 6.07) is 7.53. The number of aromatic nitrogens is 1. The quantitative estimate of drug-likeness (QED) is 0.733. The minimum absolute atomic E-state index is 0.146. The molecule has 0 radical (unpaired) electrons. The van der Waals surface area contributed by atoms with Crippen LogP contribution in [-0.4, -0.2) is 42.1 Å². The van der Waals surface area contributed by atoms with Crippen LogP contribution in [0.25, 0.3) is 10.9 Å². The fraction of sp³-hybridized carbons (Fsp3) is 0.471. The maximum Gasteiger partial charge on any atom is 0.319 e. The van der Waals surface area contributed by atoms with Crippen LogP contribution in [0.2, 0.25) is 0 Å². The lowest BCUT2D eigenvalue weighted by atomic mass is 10.2. The van der Waals surface area contributed by atoms with E-state index in [1.165, 1.54) is 7.11 Å². The number of fused-ring (bicyclic) bond motifs is 1. The van der Waals surface area contributed by atoms with Gasteiger partial charge in [0.25, 0.3) is 0 Å². The van der Waals surface area contributed by atoms with Gasteiger partial charge in [-0.25, -0.2) is 4.79 Å². The molecule has 0 saturated carbocycles. The molecule has 0 spiro atoms. The van der Waals surface area contributed by atoms with Gasteiger partial charge in [-0.1, -0.05) is 13.8 Å². The van der Waals surface area contributed by atoms with Crippen LogP contribution in [0.3, 0.4) is 0 Å². The summed E-state index contributed by atoms with van der Waals surface area (Å²) in [5.41, 5.74) is 1.87. The lowest BCUT2D eigenvalue weighted by molar-refractivity contribution is 0.0663. The summed E-state index contributed by atoms with van der Waals surface area (Å²) in [7, 11) is 1.50. The molecule has 6 heteroatoms. The van der Waals surface area contributed by atoms with Gasteiger partial charge in [-0.15, -0.1) is 0 Å². The summed E-state index contributed by atoms with van der Waals surface area (Å²) in [5.74, 6) is 0.577. The fourth-order valence-electron chi connectivity index (χ4n) is 2.47. The second kappa shape index (κ2) is 7.99. The van der Waals surface area contributed by atoms with Crippen molar-refractivity contribution in [2.45, 2.75) is 26.5 Å². The first-order valence-electron chi connectivity index (χ1n) is 7.80. The zero-order valence-electron chi connectivity index (χ0n) is 13.9. The Bertz CT molecular complexity index is 652. The molecular weight excluding hydrogens is 294 g/mol. The summed E-state index contributed by atoms with van der Waals surface area (Å²) in [6.07, 6.45) is 1.36. The molecule has 0 aliphatic carbocycles. The second-order valence-corrected chi connectivity index (χ2v) is 6.08. The molecule has 2 aromatic rings. The van der Waals surface area contributed by atoms with Crippen molar-refractivity contribution in [2.75, 3.05) is 25.6 Å². The van der Waals surface area contributed by atoms with Gasteiger partial charge < -0.3 is 25.0 Å². The zero-order chi connectivity index (χ0) is 16.8. The number of hydrogen-bond acceptors (Lipinski definition) is 3. The summed E-state index contributed by atoms with van der Waals surface area (Å²) < 4.78 is 7.02. The van der Waals surface area contributed by atoms with Crippen LogP contribution in [0, 0.1) is 5.92 Å². The number of aliphatic hydroxyl groups excluding tert-OH is 1. The average molecular weight is 319 g/mol. The van der Waals surface area contributed by atoms with Crippen molar-refractivity contribution in [3.8, 4) is 0 Å². The minimum Gasteiger partial charge on any atom is -0.389 e. The number of benzene rings is 1. The second-order valence-electron chi connectivity index (χ2n) is 6.08. The van der Waals surface area contributed by atoms with Crippen molar-refractivity contribution < 1.29 is 14.6 Å². The molecule has 1 aromatic carbocycles. The average Bonchev–Trinajstić information content (AvgIpc) is 2.87. The van der Waals surface area contributed by atoms with E-state index in [9.17, 15) is 9.90 Å². The molecule has 0 aliphatic rings. The number of urea groups is 1. The van der Waals surface area contributed by atoms with Crippen LogP contribution in [0.5, 0.6) is 0 Å². The van der Waals surface area contributed by atoms with E-state index in [0.29, 0.717) is 5.92 Å². The third kappa shape index (κ3) is 4.97. The molecule has 1 aromatic heterocycles. The van der Waals surface area contributed by atoms with Crippen molar-refractivity contribution in [3.05, 3.63) is 30.5 Å². The standard InChI is InChI=1S/C17H25N3O3/c1-12(2)10-20-7-6-13-8-14(4-5-16(13)20)19-17(22)18-9-15(21)11-23-3/h4-8,12,15,21H,9-11H2,1-3H3,(H2,18,19,22). The highest BCUT2D eigenvalue weighted by Crippen LogP contribution is 2.21. The van der Waals surface area contributed by atoms with Gasteiger partial charge in [0, 0.05) is 43.0 Å². The number of methoxy groups -OCH3 is 1. The number of carbonyl (C=O) groups excluding carboxylic acids is 1. The van der Waals surface area contributed by atoms with Gasteiger partial charge in [-0.2, -0.15) is 0 Å². The Morgan fingerprint density at radius 2 is 2.13 bits per heavy atom. The summed E-state index contributed by atoms with van der Waals surface area (Å²) in [5, 5.41) is 16.0. The number of ether oxygens (including phenoxy) is 1. The topological polar surface area (TPSA) is 75.5 Å². The predicted octanol–water partition coefficient (Wildman–Crippen LogP) is 2.43. The maximum absolute atomic E-state index is 11.8. The number of nitrogens with one attached hydrogen (secondary N) is 2. The van der Waals surface area contributed by atoms with E-state index < -0.39 is 6.10 Å². The molecule has 0 fully saturated rings. The molecule has 0 saturated heterocycles. The van der Waals surface area contributed by atoms with Crippen LogP contribution in [0.1, 0.15) is 13.8 Å². The van der Waals surface area contributed by atoms with Gasteiger partial charge in [-0.05, 0) is 30.2 Å². The lowest BCUT2D eigenvalue weighted by Crippen LogP contribution is -2.36. The van der Waals surface area contributed by atoms with Crippen molar-refractivity contribution in [2.24, 2.45) is 5.92 Å². The van der Waals surface area contributed by atoms with Crippen LogP contribution in [0.15, 0.2) is 30.5 Å². The highest BCUT2D eigenvalue weighted by Gasteiger charge is 2.08. The van der Waals surface area contributed by atoms with E-state index >= 15 is 0 Å². The largest absolute Gasteiger partial charge is 0.389 e. The lowest BCUT2D eigenvalue weighted by Gasteiger charge is -2.12. The summed E-state index contributed by atoms with van der Waals surface area (Å²) >= 11 is 0. The molecule has 2 amide bonds. The Morgan fingerprint density at radius 1 is 1.35 bits per heavy atom. The van der Waals surface area contributed by atoms with E-state index in [1.54, 1.807) is 0 Å². The predicted molar refractivity (Wildman–Crippen MR) is 91.7 cm³/mol. The molecule has 0 aliphatic heterocycles. The van der Waals surface area contributed by atoms with Gasteiger partial charge in [-0.3, -0.25) is 0 Å². The van der Waals surface area contributed by atoms with E-state index in [4.69, 9.17) is 4.74 Å². The Labute approximate surface area is 136 Å². The third-order valence-electron chi connectivity index (χ3n) is 3.45. The van der Waals surface area contributed by atoms with Crippen molar-refractivity contribution in [1.29, 1.82) is 0 Å². The first-order valence-corrected chi connectivity index (χ1v) is 7.80. The highest BCUT2D eigenvalue weighted by molar-refractivity contribution is 5.92. The number of anilines is 1. The smallest absolute Gasteiger partial charge is 0.319 e. The maximum atomic E-state index is 11.8. The molecular formula is C17H25N3O3. The van der Waals surface area contributed by atoms with Crippen LogP contribution in [0.4, 0.5) is 10.5 Å². The highest BCUT2D eigenvalue weighted by atomic mass is 16.5. The van der Waals surface area contributed by atoms with Crippen molar-refractivity contribution in [1.82, 2.24) is 9.88 Å². The first-order chi connectivity index (χ1) is 11.0.